The normalized spacial score (nSPS) is 12.4. The number of nitrogens with zero attached hydrogens (tertiary/aromatic N) is 1. The van der Waals surface area contributed by atoms with Crippen molar-refractivity contribution in [3.63, 3.8) is 0 Å². The van der Waals surface area contributed by atoms with E-state index in [0.29, 0.717) is 6.61 Å². The molecule has 0 aromatic heterocycles. The van der Waals surface area contributed by atoms with E-state index in [2.05, 4.69) is 41.5 Å². The highest BCUT2D eigenvalue weighted by molar-refractivity contribution is 5.67. The van der Waals surface area contributed by atoms with Crippen LogP contribution in [0, 0.1) is 10.8 Å². The standard InChI is InChI=1S/C15H31NO2/c1-8-18-13(17)16(11-9-14(2,3)4)12-10-15(5,6)7/h8-12H2,1-7H3. The number of hydrogen-bond acceptors (Lipinski definition) is 2. The summed E-state index contributed by atoms with van der Waals surface area (Å²) >= 11 is 0. The zero-order valence-electron chi connectivity index (χ0n) is 13.3. The molecule has 0 fully saturated rings. The lowest BCUT2D eigenvalue weighted by atomic mass is 9.90. The van der Waals surface area contributed by atoms with Crippen LogP contribution in [0.25, 0.3) is 0 Å². The van der Waals surface area contributed by atoms with Crippen LogP contribution in [0.3, 0.4) is 0 Å². The number of rotatable bonds is 5. The Balaban J connectivity index is 4.38. The smallest absolute Gasteiger partial charge is 0.409 e. The predicted octanol–water partition coefficient (Wildman–Crippen LogP) is 4.32. The molecule has 0 aliphatic rings. The van der Waals surface area contributed by atoms with Gasteiger partial charge in [-0.05, 0) is 30.6 Å². The molecule has 0 aliphatic heterocycles. The highest BCUT2D eigenvalue weighted by Gasteiger charge is 2.20. The van der Waals surface area contributed by atoms with E-state index in [-0.39, 0.29) is 16.9 Å². The summed E-state index contributed by atoms with van der Waals surface area (Å²) in [4.78, 5) is 13.7. The fraction of sp³-hybridized carbons (Fsp3) is 0.933. The average Bonchev–Trinajstić information content (AvgIpc) is 2.14. The van der Waals surface area contributed by atoms with Crippen LogP contribution in [0.1, 0.15) is 61.3 Å². The third-order valence-corrected chi connectivity index (χ3v) is 2.79. The number of ether oxygens (including phenoxy) is 1. The maximum Gasteiger partial charge on any atom is 0.409 e. The Morgan fingerprint density at radius 1 is 0.944 bits per heavy atom. The van der Waals surface area contributed by atoms with Crippen molar-refractivity contribution in [3.8, 4) is 0 Å². The number of carbonyl (C=O) groups excluding carboxylic acids is 1. The van der Waals surface area contributed by atoms with Crippen molar-refractivity contribution in [2.75, 3.05) is 19.7 Å². The molecule has 0 saturated carbocycles. The van der Waals surface area contributed by atoms with E-state index in [1.165, 1.54) is 0 Å². The number of amides is 1. The Kier molecular flexibility index (Phi) is 6.72. The molecule has 0 N–H and O–H groups in total. The van der Waals surface area contributed by atoms with Gasteiger partial charge in [-0.1, -0.05) is 41.5 Å². The van der Waals surface area contributed by atoms with Crippen LogP contribution in [0.5, 0.6) is 0 Å². The fourth-order valence-corrected chi connectivity index (χ4v) is 1.45. The van der Waals surface area contributed by atoms with Crippen molar-refractivity contribution in [1.29, 1.82) is 0 Å². The average molecular weight is 257 g/mol. The first-order valence-corrected chi connectivity index (χ1v) is 6.97. The predicted molar refractivity (Wildman–Crippen MR) is 76.7 cm³/mol. The summed E-state index contributed by atoms with van der Waals surface area (Å²) in [7, 11) is 0. The van der Waals surface area contributed by atoms with Gasteiger partial charge in [0.05, 0.1) is 6.61 Å². The van der Waals surface area contributed by atoms with E-state index in [1.807, 2.05) is 11.8 Å². The molecule has 1 amide bonds. The van der Waals surface area contributed by atoms with Crippen LogP contribution >= 0.6 is 0 Å². The van der Waals surface area contributed by atoms with Crippen molar-refractivity contribution < 1.29 is 9.53 Å². The van der Waals surface area contributed by atoms with Gasteiger partial charge in [0, 0.05) is 13.1 Å². The van der Waals surface area contributed by atoms with Crippen molar-refractivity contribution >= 4 is 6.09 Å². The van der Waals surface area contributed by atoms with E-state index in [9.17, 15) is 4.79 Å². The molecule has 0 unspecified atom stereocenters. The number of hydrogen-bond donors (Lipinski definition) is 0. The first kappa shape index (κ1) is 17.3. The van der Waals surface area contributed by atoms with Gasteiger partial charge >= 0.3 is 6.09 Å². The van der Waals surface area contributed by atoms with Gasteiger partial charge in [0.1, 0.15) is 0 Å². The summed E-state index contributed by atoms with van der Waals surface area (Å²) in [6.07, 6.45) is 1.82. The molecule has 0 aromatic carbocycles. The zero-order valence-corrected chi connectivity index (χ0v) is 13.3. The maximum atomic E-state index is 11.9. The molecule has 0 radical (unpaired) electrons. The minimum absolute atomic E-state index is 0.175. The summed E-state index contributed by atoms with van der Waals surface area (Å²) in [5.41, 5.74) is 0.485. The summed E-state index contributed by atoms with van der Waals surface area (Å²) in [5, 5.41) is 0. The van der Waals surface area contributed by atoms with Crippen LogP contribution in [-0.2, 0) is 4.74 Å². The lowest BCUT2D eigenvalue weighted by molar-refractivity contribution is 0.0977. The van der Waals surface area contributed by atoms with Gasteiger partial charge in [-0.3, -0.25) is 0 Å². The molecule has 3 heteroatoms. The van der Waals surface area contributed by atoms with Crippen molar-refractivity contribution in [1.82, 2.24) is 4.90 Å². The molecule has 108 valence electrons. The Morgan fingerprint density at radius 2 is 1.33 bits per heavy atom. The van der Waals surface area contributed by atoms with Gasteiger partial charge in [-0.2, -0.15) is 0 Å². The number of carbonyl (C=O) groups is 1. The molecule has 0 aliphatic carbocycles. The molecule has 0 atom stereocenters. The van der Waals surface area contributed by atoms with E-state index in [1.54, 1.807) is 0 Å². The summed E-state index contributed by atoms with van der Waals surface area (Å²) in [5.74, 6) is 0. The molecule has 0 aromatic rings. The van der Waals surface area contributed by atoms with Crippen molar-refractivity contribution in [2.45, 2.75) is 61.3 Å². The molecule has 0 saturated heterocycles. The quantitative estimate of drug-likeness (QED) is 0.734. The van der Waals surface area contributed by atoms with Crippen LogP contribution in [0.15, 0.2) is 0 Å². The largest absolute Gasteiger partial charge is 0.450 e. The van der Waals surface area contributed by atoms with Gasteiger partial charge in [0.25, 0.3) is 0 Å². The summed E-state index contributed by atoms with van der Waals surface area (Å²) < 4.78 is 5.12. The fourth-order valence-electron chi connectivity index (χ4n) is 1.45. The maximum absolute atomic E-state index is 11.9. The monoisotopic (exact) mass is 257 g/mol. The Bertz CT molecular complexity index is 230. The highest BCUT2D eigenvalue weighted by atomic mass is 16.6. The highest BCUT2D eigenvalue weighted by Crippen LogP contribution is 2.22. The van der Waals surface area contributed by atoms with E-state index in [0.717, 1.165) is 25.9 Å². The summed E-state index contributed by atoms with van der Waals surface area (Å²) in [6, 6.07) is 0. The minimum atomic E-state index is -0.175. The van der Waals surface area contributed by atoms with E-state index < -0.39 is 0 Å². The molecule has 0 spiro atoms. The Hall–Kier alpha value is -0.730. The van der Waals surface area contributed by atoms with Gasteiger partial charge in [-0.25, -0.2) is 4.79 Å². The van der Waals surface area contributed by atoms with E-state index >= 15 is 0 Å². The van der Waals surface area contributed by atoms with Gasteiger partial charge in [0.15, 0.2) is 0 Å². The molecular weight excluding hydrogens is 226 g/mol. The minimum Gasteiger partial charge on any atom is -0.450 e. The second kappa shape index (κ2) is 7.01. The van der Waals surface area contributed by atoms with E-state index in [4.69, 9.17) is 4.74 Å². The molecule has 3 nitrogen and oxygen atoms in total. The molecule has 18 heavy (non-hydrogen) atoms. The van der Waals surface area contributed by atoms with Gasteiger partial charge in [0.2, 0.25) is 0 Å². The first-order valence-electron chi connectivity index (χ1n) is 6.97. The zero-order chi connectivity index (χ0) is 14.4. The van der Waals surface area contributed by atoms with Gasteiger partial charge in [-0.15, -0.1) is 0 Å². The molecule has 0 heterocycles. The Morgan fingerprint density at radius 3 is 1.61 bits per heavy atom. The van der Waals surface area contributed by atoms with Crippen LogP contribution in [0.4, 0.5) is 4.79 Å². The first-order chi connectivity index (χ1) is 8.05. The lowest BCUT2D eigenvalue weighted by Crippen LogP contribution is -2.36. The molecule has 0 bridgehead atoms. The van der Waals surface area contributed by atoms with Crippen molar-refractivity contribution in [3.05, 3.63) is 0 Å². The van der Waals surface area contributed by atoms with Crippen LogP contribution < -0.4 is 0 Å². The topological polar surface area (TPSA) is 29.5 Å². The SMILES string of the molecule is CCOC(=O)N(CCC(C)(C)C)CCC(C)(C)C. The van der Waals surface area contributed by atoms with Crippen LogP contribution in [-0.4, -0.2) is 30.7 Å². The van der Waals surface area contributed by atoms with Crippen molar-refractivity contribution in [2.24, 2.45) is 10.8 Å². The summed E-state index contributed by atoms with van der Waals surface area (Å²) in [6.45, 7) is 17.0. The lowest BCUT2D eigenvalue weighted by Gasteiger charge is -2.29. The molecule has 0 rings (SSSR count). The van der Waals surface area contributed by atoms with Crippen LogP contribution in [0.2, 0.25) is 0 Å². The second-order valence-corrected chi connectivity index (χ2v) is 7.31. The molecular formula is C15H31NO2. The second-order valence-electron chi connectivity index (χ2n) is 7.31. The third-order valence-electron chi connectivity index (χ3n) is 2.79. The Labute approximate surface area is 113 Å². The van der Waals surface area contributed by atoms with Gasteiger partial charge < -0.3 is 9.64 Å². The third kappa shape index (κ3) is 9.32.